The van der Waals surface area contributed by atoms with Crippen molar-refractivity contribution in [2.24, 2.45) is 0 Å². The first-order valence-electron chi connectivity index (χ1n) is 8.15. The fraction of sp³-hybridized carbons (Fsp3) is 1.00. The van der Waals surface area contributed by atoms with Crippen molar-refractivity contribution in [2.45, 2.75) is 89.7 Å². The molecule has 2 nitrogen and oxygen atoms in total. The minimum atomic E-state index is 0.561. The third-order valence-electron chi connectivity index (χ3n) is 4.18. The van der Waals surface area contributed by atoms with Crippen molar-refractivity contribution < 1.29 is 4.74 Å². The molecule has 0 amide bonds. The van der Waals surface area contributed by atoms with E-state index in [-0.39, 0.29) is 0 Å². The van der Waals surface area contributed by atoms with E-state index in [4.69, 9.17) is 4.74 Å². The highest BCUT2D eigenvalue weighted by atomic mass is 16.5. The SMILES string of the molecule is CCCCCCCCC(CCC1CCCO1)NC. The molecule has 0 bridgehead atoms. The van der Waals surface area contributed by atoms with Gasteiger partial charge < -0.3 is 10.1 Å². The molecule has 2 unspecified atom stereocenters. The van der Waals surface area contributed by atoms with Crippen molar-refractivity contribution in [1.29, 1.82) is 0 Å². The molecule has 1 aliphatic rings. The smallest absolute Gasteiger partial charge is 0.0576 e. The summed E-state index contributed by atoms with van der Waals surface area (Å²) < 4.78 is 5.69. The van der Waals surface area contributed by atoms with Crippen LogP contribution in [-0.2, 0) is 4.74 Å². The molecule has 0 spiro atoms. The van der Waals surface area contributed by atoms with Crippen LogP contribution in [0.4, 0.5) is 0 Å². The minimum Gasteiger partial charge on any atom is -0.378 e. The summed E-state index contributed by atoms with van der Waals surface area (Å²) in [5, 5.41) is 3.47. The van der Waals surface area contributed by atoms with Crippen LogP contribution in [0.3, 0.4) is 0 Å². The average Bonchev–Trinajstić information content (AvgIpc) is 2.90. The van der Waals surface area contributed by atoms with Crippen LogP contribution in [0.25, 0.3) is 0 Å². The van der Waals surface area contributed by atoms with Gasteiger partial charge in [-0.3, -0.25) is 0 Å². The zero-order valence-corrected chi connectivity index (χ0v) is 12.5. The zero-order chi connectivity index (χ0) is 13.1. The lowest BCUT2D eigenvalue weighted by Gasteiger charge is -2.18. The third kappa shape index (κ3) is 7.38. The summed E-state index contributed by atoms with van der Waals surface area (Å²) in [4.78, 5) is 0. The van der Waals surface area contributed by atoms with Crippen LogP contribution in [0.1, 0.15) is 77.6 Å². The Bertz CT molecular complexity index is 178. The Morgan fingerprint density at radius 2 is 1.89 bits per heavy atom. The Labute approximate surface area is 114 Å². The summed E-state index contributed by atoms with van der Waals surface area (Å²) in [6.45, 7) is 3.27. The molecular weight excluding hydrogens is 222 g/mol. The van der Waals surface area contributed by atoms with E-state index < -0.39 is 0 Å². The molecule has 0 aromatic rings. The van der Waals surface area contributed by atoms with Crippen LogP contribution >= 0.6 is 0 Å². The maximum absolute atomic E-state index is 5.69. The summed E-state index contributed by atoms with van der Waals surface area (Å²) in [6.07, 6.45) is 15.4. The quantitative estimate of drug-likeness (QED) is 0.556. The van der Waals surface area contributed by atoms with Gasteiger partial charge in [-0.1, -0.05) is 45.4 Å². The maximum Gasteiger partial charge on any atom is 0.0576 e. The van der Waals surface area contributed by atoms with Crippen LogP contribution < -0.4 is 5.32 Å². The lowest BCUT2D eigenvalue weighted by atomic mass is 10.00. The van der Waals surface area contributed by atoms with Crippen molar-refractivity contribution in [3.05, 3.63) is 0 Å². The summed E-state index contributed by atoms with van der Waals surface area (Å²) >= 11 is 0. The zero-order valence-electron chi connectivity index (χ0n) is 12.5. The lowest BCUT2D eigenvalue weighted by Crippen LogP contribution is -2.26. The Kier molecular flexibility index (Phi) is 9.59. The standard InChI is InChI=1S/C16H33NO/c1-3-4-5-6-7-8-10-15(17-2)12-13-16-11-9-14-18-16/h15-17H,3-14H2,1-2H3. The van der Waals surface area contributed by atoms with E-state index in [9.17, 15) is 0 Å². The van der Waals surface area contributed by atoms with Gasteiger partial charge in [0.1, 0.15) is 0 Å². The fourth-order valence-corrected chi connectivity index (χ4v) is 2.86. The van der Waals surface area contributed by atoms with E-state index in [0.29, 0.717) is 12.1 Å². The highest BCUT2D eigenvalue weighted by Crippen LogP contribution is 2.19. The summed E-state index contributed by atoms with van der Waals surface area (Å²) in [6, 6.07) is 0.709. The van der Waals surface area contributed by atoms with Gasteiger partial charge in [0.05, 0.1) is 6.10 Å². The van der Waals surface area contributed by atoms with Crippen LogP contribution in [0.5, 0.6) is 0 Å². The molecule has 0 radical (unpaired) electrons. The van der Waals surface area contributed by atoms with Gasteiger partial charge in [0, 0.05) is 12.6 Å². The highest BCUT2D eigenvalue weighted by Gasteiger charge is 2.16. The van der Waals surface area contributed by atoms with Gasteiger partial charge in [0.15, 0.2) is 0 Å². The summed E-state index contributed by atoms with van der Waals surface area (Å²) in [7, 11) is 2.11. The molecule has 1 rings (SSSR count). The van der Waals surface area contributed by atoms with E-state index in [1.54, 1.807) is 0 Å². The first kappa shape index (κ1) is 16.0. The predicted molar refractivity (Wildman–Crippen MR) is 79.0 cm³/mol. The molecule has 18 heavy (non-hydrogen) atoms. The monoisotopic (exact) mass is 255 g/mol. The van der Waals surface area contributed by atoms with Crippen LogP contribution in [0.2, 0.25) is 0 Å². The Hall–Kier alpha value is -0.0800. The molecule has 2 atom stereocenters. The van der Waals surface area contributed by atoms with Crippen molar-refractivity contribution in [3.63, 3.8) is 0 Å². The lowest BCUT2D eigenvalue weighted by molar-refractivity contribution is 0.0994. The summed E-state index contributed by atoms with van der Waals surface area (Å²) in [5.74, 6) is 0. The second kappa shape index (κ2) is 10.8. The van der Waals surface area contributed by atoms with Gasteiger partial charge in [0.25, 0.3) is 0 Å². The second-order valence-electron chi connectivity index (χ2n) is 5.75. The molecule has 108 valence electrons. The Balaban J connectivity index is 1.95. The van der Waals surface area contributed by atoms with Crippen LogP contribution in [0.15, 0.2) is 0 Å². The molecular formula is C16H33NO. The topological polar surface area (TPSA) is 21.3 Å². The van der Waals surface area contributed by atoms with Crippen molar-refractivity contribution in [2.75, 3.05) is 13.7 Å². The molecule has 1 aliphatic heterocycles. The molecule has 1 saturated heterocycles. The van der Waals surface area contributed by atoms with Gasteiger partial charge in [-0.15, -0.1) is 0 Å². The van der Waals surface area contributed by atoms with Gasteiger partial charge >= 0.3 is 0 Å². The first-order valence-corrected chi connectivity index (χ1v) is 8.15. The number of ether oxygens (including phenoxy) is 1. The van der Waals surface area contributed by atoms with Crippen molar-refractivity contribution >= 4 is 0 Å². The molecule has 1 heterocycles. The Morgan fingerprint density at radius 1 is 1.11 bits per heavy atom. The van der Waals surface area contributed by atoms with E-state index in [1.807, 2.05) is 0 Å². The van der Waals surface area contributed by atoms with Crippen molar-refractivity contribution in [3.8, 4) is 0 Å². The number of unbranched alkanes of at least 4 members (excludes halogenated alkanes) is 5. The predicted octanol–water partition coefficient (Wildman–Crippen LogP) is 4.28. The van der Waals surface area contributed by atoms with Gasteiger partial charge in [-0.25, -0.2) is 0 Å². The maximum atomic E-state index is 5.69. The summed E-state index contributed by atoms with van der Waals surface area (Å²) in [5.41, 5.74) is 0. The third-order valence-corrected chi connectivity index (χ3v) is 4.18. The van der Waals surface area contributed by atoms with Gasteiger partial charge in [0.2, 0.25) is 0 Å². The molecule has 1 fully saturated rings. The number of hydrogen-bond acceptors (Lipinski definition) is 2. The number of nitrogens with one attached hydrogen (secondary N) is 1. The van der Waals surface area contributed by atoms with E-state index >= 15 is 0 Å². The first-order chi connectivity index (χ1) is 8.86. The molecule has 0 aliphatic carbocycles. The Morgan fingerprint density at radius 3 is 2.56 bits per heavy atom. The molecule has 0 aromatic carbocycles. The van der Waals surface area contributed by atoms with Crippen LogP contribution in [-0.4, -0.2) is 25.8 Å². The molecule has 1 N–H and O–H groups in total. The normalized spacial score (nSPS) is 21.3. The molecule has 2 heteroatoms. The number of rotatable bonds is 11. The highest BCUT2D eigenvalue weighted by molar-refractivity contribution is 4.71. The second-order valence-corrected chi connectivity index (χ2v) is 5.75. The fourth-order valence-electron chi connectivity index (χ4n) is 2.86. The van der Waals surface area contributed by atoms with E-state index in [1.165, 1.54) is 70.6 Å². The number of hydrogen-bond donors (Lipinski definition) is 1. The molecule has 0 aromatic heterocycles. The minimum absolute atomic E-state index is 0.561. The largest absolute Gasteiger partial charge is 0.378 e. The molecule has 0 saturated carbocycles. The van der Waals surface area contributed by atoms with E-state index in [2.05, 4.69) is 19.3 Å². The van der Waals surface area contributed by atoms with Crippen LogP contribution in [0, 0.1) is 0 Å². The van der Waals surface area contributed by atoms with Gasteiger partial charge in [-0.2, -0.15) is 0 Å². The van der Waals surface area contributed by atoms with E-state index in [0.717, 1.165) is 6.61 Å². The van der Waals surface area contributed by atoms with Gasteiger partial charge in [-0.05, 0) is 39.2 Å². The van der Waals surface area contributed by atoms with Crippen molar-refractivity contribution in [1.82, 2.24) is 5.32 Å². The average molecular weight is 255 g/mol.